The summed E-state index contributed by atoms with van der Waals surface area (Å²) in [6.45, 7) is 0. The van der Waals surface area contributed by atoms with E-state index in [1.54, 1.807) is 53.9 Å². The van der Waals surface area contributed by atoms with Crippen molar-refractivity contribution in [2.24, 2.45) is 11.8 Å². The Morgan fingerprint density at radius 1 is 0.971 bits per heavy atom. The quantitative estimate of drug-likeness (QED) is 0.414. The molecule has 0 radical (unpaired) electrons. The van der Waals surface area contributed by atoms with Crippen LogP contribution in [-0.4, -0.2) is 33.7 Å². The zero-order valence-corrected chi connectivity index (χ0v) is 20.2. The molecule has 1 N–H and O–H groups in total. The van der Waals surface area contributed by atoms with Gasteiger partial charge in [-0.05, 0) is 59.7 Å². The number of carbonyl (C=O) groups is 3. The van der Waals surface area contributed by atoms with Crippen LogP contribution in [0.2, 0.25) is 5.02 Å². The highest BCUT2D eigenvalue weighted by molar-refractivity contribution is 7.12. The fourth-order valence-electron chi connectivity index (χ4n) is 5.32. The molecule has 180 valence electrons. The first kappa shape index (κ1) is 23.7. The van der Waals surface area contributed by atoms with Crippen molar-refractivity contribution in [2.45, 2.75) is 37.3 Å². The van der Waals surface area contributed by atoms with Gasteiger partial charge >= 0.3 is 5.97 Å². The fourth-order valence-corrected chi connectivity index (χ4v) is 6.16. The van der Waals surface area contributed by atoms with Gasteiger partial charge in [0.25, 0.3) is 0 Å². The highest BCUT2D eigenvalue weighted by atomic mass is 35.5. The highest BCUT2D eigenvalue weighted by Gasteiger charge is 2.58. The van der Waals surface area contributed by atoms with Gasteiger partial charge in [-0.25, -0.2) is 9.18 Å². The van der Waals surface area contributed by atoms with Crippen molar-refractivity contribution in [3.05, 3.63) is 92.9 Å². The summed E-state index contributed by atoms with van der Waals surface area (Å²) >= 11 is 7.38. The predicted molar refractivity (Wildman–Crippen MR) is 131 cm³/mol. The van der Waals surface area contributed by atoms with Crippen LogP contribution < -0.4 is 0 Å². The average molecular weight is 512 g/mol. The van der Waals surface area contributed by atoms with E-state index in [0.29, 0.717) is 33.9 Å². The van der Waals surface area contributed by atoms with Gasteiger partial charge in [-0.15, -0.1) is 11.3 Å². The normalized spacial score (nSPS) is 24.2. The minimum Gasteiger partial charge on any atom is -0.480 e. The van der Waals surface area contributed by atoms with Crippen molar-refractivity contribution in [2.75, 3.05) is 0 Å². The first-order valence-corrected chi connectivity index (χ1v) is 12.8. The summed E-state index contributed by atoms with van der Waals surface area (Å²) in [7, 11) is 0. The summed E-state index contributed by atoms with van der Waals surface area (Å²) < 4.78 is 13.8. The minimum absolute atomic E-state index is 0.232. The number of hydrogen-bond acceptors (Lipinski definition) is 4. The molecule has 2 aromatic carbocycles. The van der Waals surface area contributed by atoms with Gasteiger partial charge in [-0.1, -0.05) is 48.4 Å². The van der Waals surface area contributed by atoms with Crippen molar-refractivity contribution in [1.82, 2.24) is 4.90 Å². The topological polar surface area (TPSA) is 74.7 Å². The number of carbonyl (C=O) groups excluding carboxylic acids is 2. The monoisotopic (exact) mass is 511 g/mol. The minimum atomic E-state index is -1.26. The van der Waals surface area contributed by atoms with Crippen molar-refractivity contribution >= 4 is 40.6 Å². The van der Waals surface area contributed by atoms with Gasteiger partial charge in [0.05, 0.1) is 16.8 Å². The second-order valence-electron chi connectivity index (χ2n) is 9.10. The van der Waals surface area contributed by atoms with Gasteiger partial charge in [0, 0.05) is 16.9 Å². The Labute approximate surface area is 211 Å². The number of thiophene rings is 1. The lowest BCUT2D eigenvalue weighted by atomic mass is 9.77. The molecule has 1 saturated carbocycles. The molecule has 4 atom stereocenters. The van der Waals surface area contributed by atoms with E-state index in [0.717, 1.165) is 6.42 Å². The third kappa shape index (κ3) is 4.28. The second-order valence-corrected chi connectivity index (χ2v) is 10.5. The third-order valence-electron chi connectivity index (χ3n) is 7.16. The van der Waals surface area contributed by atoms with Crippen LogP contribution in [-0.2, 0) is 9.59 Å². The van der Waals surface area contributed by atoms with E-state index in [1.165, 1.54) is 28.4 Å². The summed E-state index contributed by atoms with van der Waals surface area (Å²) in [5.41, 5.74) is 1.16. The molecule has 1 saturated heterocycles. The zero-order chi connectivity index (χ0) is 24.7. The van der Waals surface area contributed by atoms with Crippen LogP contribution in [0.1, 0.15) is 52.0 Å². The maximum atomic E-state index is 14.0. The van der Waals surface area contributed by atoms with Crippen LogP contribution in [0.5, 0.6) is 0 Å². The molecule has 0 spiro atoms. The predicted octanol–water partition coefficient (Wildman–Crippen LogP) is 5.96. The van der Waals surface area contributed by atoms with E-state index in [2.05, 4.69) is 0 Å². The van der Waals surface area contributed by atoms with Crippen molar-refractivity contribution < 1.29 is 23.9 Å². The molecule has 1 aliphatic heterocycles. The Morgan fingerprint density at radius 3 is 2.17 bits per heavy atom. The summed E-state index contributed by atoms with van der Waals surface area (Å²) in [6.07, 6.45) is 2.28. The Morgan fingerprint density at radius 2 is 1.63 bits per heavy atom. The Hall–Kier alpha value is -3.03. The van der Waals surface area contributed by atoms with Crippen LogP contribution in [0.25, 0.3) is 0 Å². The van der Waals surface area contributed by atoms with E-state index in [4.69, 9.17) is 11.6 Å². The number of carboxylic acid groups (broad SMARTS) is 1. The molecule has 5 nitrogen and oxygen atoms in total. The van der Waals surface area contributed by atoms with Crippen molar-refractivity contribution in [3.8, 4) is 0 Å². The van der Waals surface area contributed by atoms with Crippen molar-refractivity contribution in [3.63, 3.8) is 0 Å². The molecule has 4 unspecified atom stereocenters. The van der Waals surface area contributed by atoms with Gasteiger partial charge in [0.15, 0.2) is 5.78 Å². The molecule has 2 heterocycles. The van der Waals surface area contributed by atoms with Gasteiger partial charge < -0.3 is 10.0 Å². The lowest BCUT2D eigenvalue weighted by molar-refractivity contribution is -0.153. The molecule has 3 aromatic rings. The van der Waals surface area contributed by atoms with Crippen molar-refractivity contribution in [1.29, 1.82) is 0 Å². The molecule has 1 aromatic heterocycles. The number of rotatable bonds is 6. The second kappa shape index (κ2) is 9.55. The lowest BCUT2D eigenvalue weighted by Crippen LogP contribution is -2.47. The number of Topliss-reactive ketones (excluding diaryl/α,β-unsaturated/α-hetero) is 1. The van der Waals surface area contributed by atoms with E-state index in [9.17, 15) is 23.9 Å². The van der Waals surface area contributed by atoms with E-state index in [1.807, 2.05) is 0 Å². The standard InChI is InChI=1S/C27H23ClFNO4S/c28-18-10-6-15(7-11-18)21-22(25(31)20-5-2-14-35-20)23(16-8-12-19(29)13-9-16)30(24(21)27(33)34)26(32)17-3-1-4-17/h2,5-14,17,21-24H,1,3-4H2,(H,33,34). The average Bonchev–Trinajstić information content (AvgIpc) is 3.45. The van der Waals surface area contributed by atoms with Gasteiger partial charge in [-0.3, -0.25) is 9.59 Å². The van der Waals surface area contributed by atoms with Gasteiger partial charge in [0.2, 0.25) is 5.91 Å². The van der Waals surface area contributed by atoms with Crippen LogP contribution >= 0.6 is 22.9 Å². The number of benzene rings is 2. The molecular weight excluding hydrogens is 489 g/mol. The molecule has 1 aliphatic carbocycles. The molecule has 8 heteroatoms. The molecular formula is C27H23ClFNO4S. The zero-order valence-electron chi connectivity index (χ0n) is 18.6. The molecule has 5 rings (SSSR count). The van der Waals surface area contributed by atoms with E-state index in [-0.39, 0.29) is 17.6 Å². The highest BCUT2D eigenvalue weighted by Crippen LogP contribution is 2.53. The number of aliphatic carboxylic acids is 1. The summed E-state index contributed by atoms with van der Waals surface area (Å²) in [5, 5.41) is 12.7. The first-order chi connectivity index (χ1) is 16.9. The maximum absolute atomic E-state index is 14.0. The Bertz CT molecular complexity index is 1240. The SMILES string of the molecule is O=C(c1cccs1)C1C(c2ccc(Cl)cc2)C(C(=O)O)N(C(=O)C2CCC2)C1c1ccc(F)cc1. The smallest absolute Gasteiger partial charge is 0.327 e. The van der Waals surface area contributed by atoms with Crippen LogP contribution in [0.4, 0.5) is 4.39 Å². The number of halogens is 2. The maximum Gasteiger partial charge on any atom is 0.327 e. The first-order valence-electron chi connectivity index (χ1n) is 11.5. The number of hydrogen-bond donors (Lipinski definition) is 1. The van der Waals surface area contributed by atoms with Gasteiger partial charge in [0.1, 0.15) is 11.9 Å². The molecule has 2 aliphatic rings. The van der Waals surface area contributed by atoms with Gasteiger partial charge in [-0.2, -0.15) is 0 Å². The summed E-state index contributed by atoms with van der Waals surface area (Å²) in [4.78, 5) is 42.4. The Kier molecular flexibility index (Phi) is 6.47. The summed E-state index contributed by atoms with van der Waals surface area (Å²) in [6, 6.07) is 13.8. The summed E-state index contributed by atoms with van der Waals surface area (Å²) in [5.74, 6) is -4.08. The third-order valence-corrected chi connectivity index (χ3v) is 8.30. The van der Waals surface area contributed by atoms with E-state index >= 15 is 0 Å². The van der Waals surface area contributed by atoms with Crippen LogP contribution in [0.3, 0.4) is 0 Å². The number of likely N-dealkylation sites (tertiary alicyclic amines) is 1. The number of carboxylic acids is 1. The lowest BCUT2D eigenvalue weighted by Gasteiger charge is -2.36. The molecule has 35 heavy (non-hydrogen) atoms. The van der Waals surface area contributed by atoms with Crippen LogP contribution in [0, 0.1) is 17.7 Å². The number of ketones is 1. The molecule has 2 fully saturated rings. The molecule has 1 amide bonds. The number of nitrogens with zero attached hydrogens (tertiary/aromatic N) is 1. The molecule has 0 bridgehead atoms. The Balaban J connectivity index is 1.73. The largest absolute Gasteiger partial charge is 0.480 e. The fraction of sp³-hybridized carbons (Fsp3) is 0.296. The number of amides is 1. The van der Waals surface area contributed by atoms with E-state index < -0.39 is 35.7 Å². The van der Waals surface area contributed by atoms with Crippen LogP contribution in [0.15, 0.2) is 66.0 Å².